The Bertz CT molecular complexity index is 413. The lowest BCUT2D eigenvalue weighted by Gasteiger charge is -2.06. The predicted octanol–water partition coefficient (Wildman–Crippen LogP) is 1.43. The van der Waals surface area contributed by atoms with E-state index in [0.29, 0.717) is 0 Å². The third-order valence-electron chi connectivity index (χ3n) is 1.93. The van der Waals surface area contributed by atoms with Gasteiger partial charge in [-0.3, -0.25) is 5.84 Å². The maximum absolute atomic E-state index is 5.39. The van der Waals surface area contributed by atoms with Gasteiger partial charge in [0.2, 0.25) is 0 Å². The monoisotopic (exact) mass is 186 g/mol. The van der Waals surface area contributed by atoms with Gasteiger partial charge in [0.05, 0.1) is 11.4 Å². The zero-order chi connectivity index (χ0) is 9.80. The Balaban J connectivity index is 2.51. The molecule has 0 atom stereocenters. The number of nitrogen functional groups attached to an aromatic ring is 1. The smallest absolute Gasteiger partial charge is 0.0950 e. The van der Waals surface area contributed by atoms with Gasteiger partial charge in [-0.05, 0) is 18.2 Å². The molecule has 0 aliphatic carbocycles. The Morgan fingerprint density at radius 2 is 1.93 bits per heavy atom. The third-order valence-corrected chi connectivity index (χ3v) is 1.93. The van der Waals surface area contributed by atoms with Crippen molar-refractivity contribution in [2.75, 3.05) is 5.43 Å². The average molecular weight is 186 g/mol. The fraction of sp³-hybridized carbons (Fsp3) is 0. The van der Waals surface area contributed by atoms with Gasteiger partial charge in [0.1, 0.15) is 0 Å². The van der Waals surface area contributed by atoms with Gasteiger partial charge < -0.3 is 5.43 Å². The molecule has 0 saturated carbocycles. The summed E-state index contributed by atoms with van der Waals surface area (Å²) < 4.78 is 0. The average Bonchev–Trinajstić information content (AvgIpc) is 2.30. The van der Waals surface area contributed by atoms with E-state index in [9.17, 15) is 0 Å². The second-order valence-electron chi connectivity index (χ2n) is 2.80. The number of rotatable bonds is 2. The predicted molar refractivity (Wildman–Crippen MR) is 55.3 cm³/mol. The summed E-state index contributed by atoms with van der Waals surface area (Å²) in [6, 6.07) is 11.4. The van der Waals surface area contributed by atoms with Gasteiger partial charge in [-0.15, -0.1) is 0 Å². The zero-order valence-corrected chi connectivity index (χ0v) is 7.51. The molecular weight excluding hydrogens is 176 g/mol. The van der Waals surface area contributed by atoms with E-state index < -0.39 is 0 Å². The maximum atomic E-state index is 5.39. The number of para-hydroxylation sites is 1. The standard InChI is InChI=1S/C10H10N4/c11-13-9-5-2-1-4-8(9)10-6-3-7-12-14-10/h1-7,13H,11H2. The largest absolute Gasteiger partial charge is 0.323 e. The highest BCUT2D eigenvalue weighted by Crippen LogP contribution is 2.24. The molecule has 4 heteroatoms. The van der Waals surface area contributed by atoms with Gasteiger partial charge >= 0.3 is 0 Å². The van der Waals surface area contributed by atoms with Gasteiger partial charge in [0.25, 0.3) is 0 Å². The fourth-order valence-corrected chi connectivity index (χ4v) is 1.28. The van der Waals surface area contributed by atoms with Crippen molar-refractivity contribution in [2.45, 2.75) is 0 Å². The van der Waals surface area contributed by atoms with Crippen LogP contribution in [0, 0.1) is 0 Å². The molecule has 0 aliphatic heterocycles. The van der Waals surface area contributed by atoms with Crippen molar-refractivity contribution in [1.82, 2.24) is 10.2 Å². The molecule has 2 rings (SSSR count). The van der Waals surface area contributed by atoms with Crippen LogP contribution in [0.15, 0.2) is 42.6 Å². The van der Waals surface area contributed by atoms with Crippen LogP contribution in [-0.2, 0) is 0 Å². The quantitative estimate of drug-likeness (QED) is 0.550. The molecule has 2 aromatic rings. The molecule has 4 nitrogen and oxygen atoms in total. The first-order valence-electron chi connectivity index (χ1n) is 4.25. The van der Waals surface area contributed by atoms with Crippen LogP contribution in [0.25, 0.3) is 11.3 Å². The summed E-state index contributed by atoms with van der Waals surface area (Å²) in [6.07, 6.45) is 1.64. The first-order valence-corrected chi connectivity index (χ1v) is 4.25. The fourth-order valence-electron chi connectivity index (χ4n) is 1.28. The van der Waals surface area contributed by atoms with Crippen molar-refractivity contribution in [3.8, 4) is 11.3 Å². The number of nitrogens with one attached hydrogen (secondary N) is 1. The van der Waals surface area contributed by atoms with Crippen molar-refractivity contribution < 1.29 is 0 Å². The molecule has 1 heterocycles. The lowest BCUT2D eigenvalue weighted by Crippen LogP contribution is -2.08. The van der Waals surface area contributed by atoms with Crippen molar-refractivity contribution in [1.29, 1.82) is 0 Å². The Kier molecular flexibility index (Phi) is 2.38. The Hall–Kier alpha value is -1.94. The van der Waals surface area contributed by atoms with E-state index in [-0.39, 0.29) is 0 Å². The van der Waals surface area contributed by atoms with Gasteiger partial charge in [0.15, 0.2) is 0 Å². The molecule has 3 N–H and O–H groups in total. The molecule has 0 unspecified atom stereocenters. The number of nitrogens with zero attached hydrogens (tertiary/aromatic N) is 2. The summed E-state index contributed by atoms with van der Waals surface area (Å²) in [5, 5.41) is 7.83. The number of aromatic nitrogens is 2. The maximum Gasteiger partial charge on any atom is 0.0950 e. The number of hydrogen-bond acceptors (Lipinski definition) is 4. The lowest BCUT2D eigenvalue weighted by molar-refractivity contribution is 1.04. The molecule has 1 aromatic heterocycles. The van der Waals surface area contributed by atoms with Crippen LogP contribution in [0.3, 0.4) is 0 Å². The minimum absolute atomic E-state index is 0.807. The van der Waals surface area contributed by atoms with Gasteiger partial charge in [-0.2, -0.15) is 10.2 Å². The molecule has 0 aliphatic rings. The molecule has 0 bridgehead atoms. The van der Waals surface area contributed by atoms with Gasteiger partial charge in [-0.1, -0.05) is 18.2 Å². The second kappa shape index (κ2) is 3.85. The SMILES string of the molecule is NNc1ccccc1-c1cccnn1. The van der Waals surface area contributed by atoms with E-state index in [1.165, 1.54) is 0 Å². The van der Waals surface area contributed by atoms with E-state index >= 15 is 0 Å². The topological polar surface area (TPSA) is 63.8 Å². The molecule has 0 fully saturated rings. The van der Waals surface area contributed by atoms with Crippen LogP contribution in [0.1, 0.15) is 0 Å². The first-order chi connectivity index (χ1) is 6.92. The van der Waals surface area contributed by atoms with Crippen LogP contribution < -0.4 is 11.3 Å². The summed E-state index contributed by atoms with van der Waals surface area (Å²) in [6.45, 7) is 0. The van der Waals surface area contributed by atoms with Gasteiger partial charge in [-0.25, -0.2) is 0 Å². The number of hydrogen-bond donors (Lipinski definition) is 2. The van der Waals surface area contributed by atoms with E-state index in [1.54, 1.807) is 6.20 Å². The van der Waals surface area contributed by atoms with Crippen molar-refractivity contribution in [2.24, 2.45) is 5.84 Å². The summed E-state index contributed by atoms with van der Waals surface area (Å²) in [5.74, 6) is 5.39. The van der Waals surface area contributed by atoms with E-state index in [2.05, 4.69) is 15.6 Å². The molecule has 0 spiro atoms. The van der Waals surface area contributed by atoms with Crippen LogP contribution in [-0.4, -0.2) is 10.2 Å². The van der Waals surface area contributed by atoms with Crippen LogP contribution in [0.4, 0.5) is 5.69 Å². The Labute approximate surface area is 81.8 Å². The van der Waals surface area contributed by atoms with Crippen LogP contribution in [0.5, 0.6) is 0 Å². The highest BCUT2D eigenvalue weighted by atomic mass is 15.2. The second-order valence-corrected chi connectivity index (χ2v) is 2.80. The van der Waals surface area contributed by atoms with E-state index in [0.717, 1.165) is 16.9 Å². The molecule has 14 heavy (non-hydrogen) atoms. The summed E-state index contributed by atoms with van der Waals surface area (Å²) in [4.78, 5) is 0. The molecule has 0 radical (unpaired) electrons. The summed E-state index contributed by atoms with van der Waals surface area (Å²) in [5.41, 5.74) is 5.22. The number of hydrazine groups is 1. The van der Waals surface area contributed by atoms with Crippen molar-refractivity contribution >= 4 is 5.69 Å². The van der Waals surface area contributed by atoms with E-state index in [1.807, 2.05) is 36.4 Å². The zero-order valence-electron chi connectivity index (χ0n) is 7.51. The molecule has 0 amide bonds. The molecule has 1 aromatic carbocycles. The minimum Gasteiger partial charge on any atom is -0.323 e. The highest BCUT2D eigenvalue weighted by molar-refractivity contribution is 5.74. The van der Waals surface area contributed by atoms with Crippen LogP contribution in [0.2, 0.25) is 0 Å². The van der Waals surface area contributed by atoms with Crippen molar-refractivity contribution in [3.05, 3.63) is 42.6 Å². The number of nitrogens with two attached hydrogens (primary N) is 1. The van der Waals surface area contributed by atoms with Crippen LogP contribution >= 0.6 is 0 Å². The molecular formula is C10H10N4. The Morgan fingerprint density at radius 3 is 2.64 bits per heavy atom. The van der Waals surface area contributed by atoms with Gasteiger partial charge in [0, 0.05) is 11.8 Å². The first kappa shape index (κ1) is 8.65. The van der Waals surface area contributed by atoms with Crippen molar-refractivity contribution in [3.63, 3.8) is 0 Å². The minimum atomic E-state index is 0.807. The molecule has 0 saturated heterocycles. The summed E-state index contributed by atoms with van der Waals surface area (Å²) in [7, 11) is 0. The third kappa shape index (κ3) is 1.55. The lowest BCUT2D eigenvalue weighted by atomic mass is 10.1. The number of benzene rings is 1. The molecule has 70 valence electrons. The number of anilines is 1. The normalized spacial score (nSPS) is 9.79. The Morgan fingerprint density at radius 1 is 1.07 bits per heavy atom. The van der Waals surface area contributed by atoms with E-state index in [4.69, 9.17) is 5.84 Å². The highest BCUT2D eigenvalue weighted by Gasteiger charge is 2.03. The summed E-state index contributed by atoms with van der Waals surface area (Å²) >= 11 is 0.